The van der Waals surface area contributed by atoms with Gasteiger partial charge in [-0.05, 0) is 40.7 Å². The number of hydrogen-bond acceptors (Lipinski definition) is 9. The third-order valence-corrected chi connectivity index (χ3v) is 7.37. The molecule has 33 heavy (non-hydrogen) atoms. The van der Waals surface area contributed by atoms with Crippen LogP contribution in [0.25, 0.3) is 0 Å². The van der Waals surface area contributed by atoms with E-state index in [0.717, 1.165) is 11.8 Å². The van der Waals surface area contributed by atoms with Gasteiger partial charge in [-0.25, -0.2) is 9.78 Å². The van der Waals surface area contributed by atoms with Crippen LogP contribution in [0.4, 0.5) is 5.69 Å². The highest BCUT2D eigenvalue weighted by atomic mass is 32.2. The van der Waals surface area contributed by atoms with Gasteiger partial charge in [-0.1, -0.05) is 11.8 Å². The predicted octanol–water partition coefficient (Wildman–Crippen LogP) is 4.42. The van der Waals surface area contributed by atoms with Crippen LogP contribution in [0.2, 0.25) is 0 Å². The lowest BCUT2D eigenvalue weighted by molar-refractivity contribution is -0.384. The number of rotatable bonds is 6. The van der Waals surface area contributed by atoms with E-state index >= 15 is 0 Å². The lowest BCUT2D eigenvalue weighted by Gasteiger charge is -2.51. The number of nitro groups is 1. The van der Waals surface area contributed by atoms with Gasteiger partial charge in [0.15, 0.2) is 10.9 Å². The van der Waals surface area contributed by atoms with Crippen molar-refractivity contribution in [2.24, 2.45) is 0 Å². The maximum Gasteiger partial charge on any atom is 0.340 e. The number of benzene rings is 1. The van der Waals surface area contributed by atoms with E-state index in [1.807, 2.05) is 12.3 Å². The average Bonchev–Trinajstić information content (AvgIpc) is 3.08. The Bertz CT molecular complexity index is 1110. The number of aryl methyl sites for hydroxylation is 1. The van der Waals surface area contributed by atoms with Crippen molar-refractivity contribution in [3.63, 3.8) is 0 Å². The Morgan fingerprint density at radius 2 is 1.88 bits per heavy atom. The summed E-state index contributed by atoms with van der Waals surface area (Å²) in [6.45, 7) is 8.51. The number of hydrogen-bond donors (Lipinski definition) is 0. The number of likely N-dealkylation sites (tertiary alicyclic amines) is 1. The highest BCUT2D eigenvalue weighted by Crippen LogP contribution is 2.37. The molecule has 1 amide bonds. The number of non-ortho nitro benzene ring substituents is 1. The molecule has 0 spiro atoms. The first kappa shape index (κ1) is 24.8. The minimum absolute atomic E-state index is 0.0119. The van der Waals surface area contributed by atoms with Crippen LogP contribution in [-0.2, 0) is 14.3 Å². The van der Waals surface area contributed by atoms with Crippen molar-refractivity contribution >= 4 is 46.4 Å². The lowest BCUT2D eigenvalue weighted by atomic mass is 9.79. The van der Waals surface area contributed by atoms with Gasteiger partial charge in [0.1, 0.15) is 5.78 Å². The molecule has 11 heteroatoms. The Labute approximate surface area is 199 Å². The molecule has 0 radical (unpaired) electrons. The number of nitro benzene ring substituents is 1. The highest BCUT2D eigenvalue weighted by Gasteiger charge is 2.47. The molecule has 3 rings (SSSR count). The molecule has 0 N–H and O–H groups in total. The second-order valence-corrected chi connectivity index (χ2v) is 11.3. The van der Waals surface area contributed by atoms with Crippen LogP contribution in [-0.4, -0.2) is 50.2 Å². The van der Waals surface area contributed by atoms with Crippen molar-refractivity contribution in [1.29, 1.82) is 0 Å². The first-order valence-electron chi connectivity index (χ1n) is 10.2. The second-order valence-electron chi connectivity index (χ2n) is 9.12. The summed E-state index contributed by atoms with van der Waals surface area (Å²) in [5, 5.41) is 13.1. The van der Waals surface area contributed by atoms with Crippen LogP contribution in [0.15, 0.2) is 32.8 Å². The van der Waals surface area contributed by atoms with Crippen LogP contribution >= 0.6 is 23.1 Å². The molecule has 0 unspecified atom stereocenters. The number of amides is 1. The van der Waals surface area contributed by atoms with E-state index < -0.39 is 34.5 Å². The van der Waals surface area contributed by atoms with Gasteiger partial charge in [0, 0.05) is 52.0 Å². The van der Waals surface area contributed by atoms with E-state index in [4.69, 9.17) is 4.74 Å². The summed E-state index contributed by atoms with van der Waals surface area (Å²) >= 11 is 2.59. The fraction of sp³-hybridized carbons (Fsp3) is 0.455. The van der Waals surface area contributed by atoms with Gasteiger partial charge in [-0.3, -0.25) is 19.7 Å². The van der Waals surface area contributed by atoms with E-state index in [1.54, 1.807) is 32.6 Å². The molecule has 0 atom stereocenters. The second kappa shape index (κ2) is 9.22. The van der Waals surface area contributed by atoms with Gasteiger partial charge in [0.25, 0.3) is 11.6 Å². The zero-order chi connectivity index (χ0) is 24.6. The number of aromatic nitrogens is 1. The van der Waals surface area contributed by atoms with Crippen LogP contribution < -0.4 is 0 Å². The zero-order valence-electron chi connectivity index (χ0n) is 19.0. The van der Waals surface area contributed by atoms with E-state index in [1.165, 1.54) is 35.2 Å². The first-order valence-corrected chi connectivity index (χ1v) is 11.9. The fourth-order valence-electron chi connectivity index (χ4n) is 4.30. The predicted molar refractivity (Wildman–Crippen MR) is 124 cm³/mol. The molecule has 2 aromatic rings. The van der Waals surface area contributed by atoms with Gasteiger partial charge in [-0.2, -0.15) is 0 Å². The topological polar surface area (TPSA) is 120 Å². The van der Waals surface area contributed by atoms with Gasteiger partial charge < -0.3 is 9.64 Å². The number of esters is 1. The van der Waals surface area contributed by atoms with Crippen LogP contribution in [0, 0.1) is 17.0 Å². The third-order valence-electron chi connectivity index (χ3n) is 5.24. The Hall–Kier alpha value is -2.79. The Morgan fingerprint density at radius 3 is 2.42 bits per heavy atom. The standard InChI is InChI=1S/C22H25N3O6S2/c1-13-12-32-20(23-13)33-17-7-6-14(25(29)30)8-16(17)19(28)31-11-18(27)24-21(2,3)9-15(26)10-22(24,4)5/h6-8,12H,9-11H2,1-5H3. The monoisotopic (exact) mass is 491 g/mol. The van der Waals surface area contributed by atoms with Crippen LogP contribution in [0.5, 0.6) is 0 Å². The lowest BCUT2D eigenvalue weighted by Crippen LogP contribution is -2.63. The Balaban J connectivity index is 1.81. The molecule has 1 aliphatic rings. The number of piperidine rings is 1. The molecule has 0 bridgehead atoms. The maximum atomic E-state index is 13.0. The summed E-state index contributed by atoms with van der Waals surface area (Å²) in [6, 6.07) is 3.92. The summed E-state index contributed by atoms with van der Waals surface area (Å²) in [5.41, 5.74) is -0.897. The molecule has 1 aromatic heterocycles. The summed E-state index contributed by atoms with van der Waals surface area (Å²) < 4.78 is 5.98. The normalized spacial score (nSPS) is 17.0. The number of thiazole rings is 1. The number of ether oxygens (including phenoxy) is 1. The van der Waals surface area contributed by atoms with E-state index in [0.29, 0.717) is 9.24 Å². The van der Waals surface area contributed by atoms with E-state index in [-0.39, 0.29) is 29.9 Å². The number of nitrogens with zero attached hydrogens (tertiary/aromatic N) is 3. The molecule has 0 aliphatic carbocycles. The van der Waals surface area contributed by atoms with E-state index in [9.17, 15) is 24.5 Å². The summed E-state index contributed by atoms with van der Waals surface area (Å²) in [6.07, 6.45) is 0.435. The minimum atomic E-state index is -0.841. The molecular formula is C22H25N3O6S2. The van der Waals surface area contributed by atoms with Crippen molar-refractivity contribution in [2.75, 3.05) is 6.61 Å². The SMILES string of the molecule is Cc1csc(Sc2ccc([N+](=O)[O-])cc2C(=O)OCC(=O)N2C(C)(C)CC(=O)CC2(C)C)n1. The Morgan fingerprint density at radius 1 is 1.24 bits per heavy atom. The van der Waals surface area contributed by atoms with Gasteiger partial charge in [-0.15, -0.1) is 11.3 Å². The zero-order valence-corrected chi connectivity index (χ0v) is 20.7. The first-order chi connectivity index (χ1) is 15.3. The Kier molecular flexibility index (Phi) is 6.94. The van der Waals surface area contributed by atoms with Crippen molar-refractivity contribution in [1.82, 2.24) is 9.88 Å². The molecule has 1 saturated heterocycles. The van der Waals surface area contributed by atoms with Crippen molar-refractivity contribution in [2.45, 2.75) is 67.8 Å². The smallest absolute Gasteiger partial charge is 0.340 e. The summed E-state index contributed by atoms with van der Waals surface area (Å²) in [4.78, 5) is 55.1. The van der Waals surface area contributed by atoms with Crippen LogP contribution in [0.3, 0.4) is 0 Å². The summed E-state index contributed by atoms with van der Waals surface area (Å²) in [5.74, 6) is -1.20. The van der Waals surface area contributed by atoms with Gasteiger partial charge in [0.05, 0.1) is 10.5 Å². The number of carbonyl (C=O) groups is 3. The molecule has 2 heterocycles. The molecule has 1 fully saturated rings. The third kappa shape index (κ3) is 5.59. The highest BCUT2D eigenvalue weighted by molar-refractivity contribution is 8.01. The van der Waals surface area contributed by atoms with Crippen molar-refractivity contribution in [3.8, 4) is 0 Å². The minimum Gasteiger partial charge on any atom is -0.452 e. The molecule has 9 nitrogen and oxygen atoms in total. The largest absolute Gasteiger partial charge is 0.452 e. The quantitative estimate of drug-likeness (QED) is 0.331. The van der Waals surface area contributed by atoms with Gasteiger partial charge >= 0.3 is 5.97 Å². The molecule has 1 aromatic carbocycles. The molecule has 176 valence electrons. The number of ketones is 1. The van der Waals surface area contributed by atoms with Crippen LogP contribution in [0.1, 0.15) is 56.6 Å². The molecule has 0 saturated carbocycles. The maximum absolute atomic E-state index is 13.0. The molecular weight excluding hydrogens is 466 g/mol. The molecule has 1 aliphatic heterocycles. The summed E-state index contributed by atoms with van der Waals surface area (Å²) in [7, 11) is 0. The fourth-order valence-corrected chi connectivity index (χ4v) is 6.20. The average molecular weight is 492 g/mol. The van der Waals surface area contributed by atoms with Crippen molar-refractivity contribution < 1.29 is 24.0 Å². The van der Waals surface area contributed by atoms with Gasteiger partial charge in [0.2, 0.25) is 0 Å². The number of carbonyl (C=O) groups excluding carboxylic acids is 3. The number of Topliss-reactive ketones (excluding diaryl/α,β-unsaturated/α-hetero) is 1. The van der Waals surface area contributed by atoms with E-state index in [2.05, 4.69) is 4.98 Å². The van der Waals surface area contributed by atoms with Crippen molar-refractivity contribution in [3.05, 3.63) is 45.0 Å².